The van der Waals surface area contributed by atoms with Crippen molar-refractivity contribution in [2.24, 2.45) is 10.9 Å². The molecule has 0 aliphatic carbocycles. The zero-order valence-corrected chi connectivity index (χ0v) is 15.9. The van der Waals surface area contributed by atoms with Crippen LogP contribution in [0.15, 0.2) is 23.3 Å². The number of pyridine rings is 1. The van der Waals surface area contributed by atoms with Gasteiger partial charge in [-0.1, -0.05) is 17.7 Å². The Morgan fingerprint density at radius 2 is 2.16 bits per heavy atom. The van der Waals surface area contributed by atoms with Gasteiger partial charge < -0.3 is 15.5 Å². The molecule has 2 N–H and O–H groups in total. The van der Waals surface area contributed by atoms with Gasteiger partial charge in [0.25, 0.3) is 0 Å². The number of hydrogen-bond donors (Lipinski definition) is 2. The molecule has 0 bridgehead atoms. The van der Waals surface area contributed by atoms with Gasteiger partial charge in [-0.15, -0.1) is 0 Å². The van der Waals surface area contributed by atoms with Crippen molar-refractivity contribution in [3.8, 4) is 0 Å². The maximum atomic E-state index is 11.5. The highest BCUT2D eigenvalue weighted by Gasteiger charge is 2.22. The highest BCUT2D eigenvalue weighted by Crippen LogP contribution is 2.20. The Kier molecular flexibility index (Phi) is 7.98. The summed E-state index contributed by atoms with van der Waals surface area (Å²) in [6, 6.07) is 3.80. The number of hydrogen-bond acceptors (Lipinski definition) is 3. The van der Waals surface area contributed by atoms with Crippen LogP contribution in [0, 0.1) is 5.92 Å². The van der Waals surface area contributed by atoms with Gasteiger partial charge in [0.15, 0.2) is 5.96 Å². The molecular weight excluding hydrogens is 338 g/mol. The molecule has 1 aliphatic heterocycles. The zero-order valence-electron chi connectivity index (χ0n) is 15.1. The Hall–Kier alpha value is -1.82. The predicted molar refractivity (Wildman–Crippen MR) is 102 cm³/mol. The first-order chi connectivity index (χ1) is 12.1. The maximum Gasteiger partial charge on any atom is 0.220 e. The molecule has 1 aromatic heterocycles. The molecule has 1 amide bonds. The van der Waals surface area contributed by atoms with Gasteiger partial charge in [-0.3, -0.25) is 9.79 Å². The fraction of sp³-hybridized carbons (Fsp3) is 0.611. The van der Waals surface area contributed by atoms with E-state index in [2.05, 4.69) is 27.4 Å². The summed E-state index contributed by atoms with van der Waals surface area (Å²) in [6.07, 6.45) is 5.32. The van der Waals surface area contributed by atoms with E-state index in [4.69, 9.17) is 16.6 Å². The number of carbonyl (C=O) groups is 1. The molecule has 0 atom stereocenters. The fourth-order valence-corrected chi connectivity index (χ4v) is 3.10. The summed E-state index contributed by atoms with van der Waals surface area (Å²) >= 11 is 5.81. The Balaban J connectivity index is 1.85. The molecule has 0 aromatic carbocycles. The number of nitrogens with one attached hydrogen (secondary N) is 2. The molecule has 2 heterocycles. The number of aliphatic imine (C=N–C) groups is 1. The van der Waals surface area contributed by atoms with Crippen LogP contribution in [0.5, 0.6) is 0 Å². The minimum absolute atomic E-state index is 0.135. The van der Waals surface area contributed by atoms with E-state index < -0.39 is 0 Å². The number of likely N-dealkylation sites (tertiary alicyclic amines) is 1. The van der Waals surface area contributed by atoms with Gasteiger partial charge in [0, 0.05) is 45.8 Å². The van der Waals surface area contributed by atoms with Crippen LogP contribution < -0.4 is 10.6 Å². The van der Waals surface area contributed by atoms with E-state index in [-0.39, 0.29) is 5.91 Å². The van der Waals surface area contributed by atoms with Crippen molar-refractivity contribution >= 4 is 23.5 Å². The molecule has 7 heteroatoms. The molecule has 2 rings (SSSR count). The lowest BCUT2D eigenvalue weighted by atomic mass is 9.93. The molecule has 6 nitrogen and oxygen atoms in total. The lowest BCUT2D eigenvalue weighted by Gasteiger charge is -2.34. The third-order valence-corrected chi connectivity index (χ3v) is 4.68. The predicted octanol–water partition coefficient (Wildman–Crippen LogP) is 2.09. The average Bonchev–Trinajstić information content (AvgIpc) is 2.63. The molecule has 1 aliphatic rings. The Labute approximate surface area is 155 Å². The number of amides is 1. The van der Waals surface area contributed by atoms with Crippen LogP contribution in [0.25, 0.3) is 0 Å². The van der Waals surface area contributed by atoms with Gasteiger partial charge in [-0.2, -0.15) is 0 Å². The highest BCUT2D eigenvalue weighted by molar-refractivity contribution is 6.29. The molecule has 0 unspecified atom stereocenters. The second-order valence-electron chi connectivity index (χ2n) is 6.28. The minimum Gasteiger partial charge on any atom is -0.359 e. The molecule has 25 heavy (non-hydrogen) atoms. The van der Waals surface area contributed by atoms with E-state index in [0.717, 1.165) is 50.4 Å². The second kappa shape index (κ2) is 10.2. The van der Waals surface area contributed by atoms with Gasteiger partial charge in [0.05, 0.1) is 0 Å². The highest BCUT2D eigenvalue weighted by atomic mass is 35.5. The summed E-state index contributed by atoms with van der Waals surface area (Å²) in [5.74, 6) is 1.57. The topological polar surface area (TPSA) is 69.6 Å². The number of guanidine groups is 1. The van der Waals surface area contributed by atoms with Crippen molar-refractivity contribution in [2.75, 3.05) is 33.2 Å². The van der Waals surface area contributed by atoms with Crippen LogP contribution in [0.2, 0.25) is 5.15 Å². The molecular formula is C18H28ClN5O. The summed E-state index contributed by atoms with van der Waals surface area (Å²) < 4.78 is 0. The number of piperidine rings is 1. The average molecular weight is 366 g/mol. The van der Waals surface area contributed by atoms with Crippen LogP contribution in [0.4, 0.5) is 0 Å². The minimum atomic E-state index is 0.135. The number of aromatic nitrogens is 1. The zero-order chi connectivity index (χ0) is 18.1. The van der Waals surface area contributed by atoms with Crippen LogP contribution in [0.1, 0.15) is 31.7 Å². The van der Waals surface area contributed by atoms with E-state index in [0.29, 0.717) is 24.0 Å². The number of rotatable bonds is 6. The van der Waals surface area contributed by atoms with Gasteiger partial charge in [0.1, 0.15) is 5.15 Å². The third kappa shape index (κ3) is 6.53. The Morgan fingerprint density at radius 3 is 2.76 bits per heavy atom. The first-order valence-electron chi connectivity index (χ1n) is 8.96. The maximum absolute atomic E-state index is 11.5. The van der Waals surface area contributed by atoms with E-state index in [9.17, 15) is 4.79 Å². The summed E-state index contributed by atoms with van der Waals surface area (Å²) in [4.78, 5) is 22.7. The van der Waals surface area contributed by atoms with Gasteiger partial charge in [-0.25, -0.2) is 4.98 Å². The lowest BCUT2D eigenvalue weighted by molar-refractivity contribution is -0.121. The Bertz CT molecular complexity index is 567. The van der Waals surface area contributed by atoms with Crippen molar-refractivity contribution in [2.45, 2.75) is 32.6 Å². The molecule has 0 saturated carbocycles. The number of halogens is 1. The summed E-state index contributed by atoms with van der Waals surface area (Å²) in [5, 5.41) is 6.60. The molecule has 1 fully saturated rings. The van der Waals surface area contributed by atoms with Crippen molar-refractivity contribution in [3.05, 3.63) is 29.0 Å². The molecule has 0 spiro atoms. The van der Waals surface area contributed by atoms with Crippen LogP contribution >= 0.6 is 11.6 Å². The van der Waals surface area contributed by atoms with Crippen LogP contribution in [-0.4, -0.2) is 55.0 Å². The second-order valence-corrected chi connectivity index (χ2v) is 6.67. The first-order valence-corrected chi connectivity index (χ1v) is 9.34. The third-order valence-electron chi connectivity index (χ3n) is 4.45. The van der Waals surface area contributed by atoms with Crippen molar-refractivity contribution in [3.63, 3.8) is 0 Å². The van der Waals surface area contributed by atoms with Crippen LogP contribution in [0.3, 0.4) is 0 Å². The number of carbonyl (C=O) groups excluding carboxylic acids is 1. The van der Waals surface area contributed by atoms with Crippen molar-refractivity contribution in [1.82, 2.24) is 20.5 Å². The van der Waals surface area contributed by atoms with Crippen molar-refractivity contribution in [1.29, 1.82) is 0 Å². The van der Waals surface area contributed by atoms with E-state index >= 15 is 0 Å². The summed E-state index contributed by atoms with van der Waals surface area (Å²) in [7, 11) is 1.70. The normalized spacial score (nSPS) is 16.0. The van der Waals surface area contributed by atoms with E-state index in [1.807, 2.05) is 12.1 Å². The lowest BCUT2D eigenvalue weighted by Crippen LogP contribution is -2.46. The monoisotopic (exact) mass is 365 g/mol. The summed E-state index contributed by atoms with van der Waals surface area (Å²) in [6.45, 7) is 5.52. The van der Waals surface area contributed by atoms with Crippen molar-refractivity contribution < 1.29 is 4.79 Å². The van der Waals surface area contributed by atoms with Gasteiger partial charge >= 0.3 is 0 Å². The van der Waals surface area contributed by atoms with Crippen LogP contribution in [-0.2, 0) is 11.2 Å². The Morgan fingerprint density at radius 1 is 1.40 bits per heavy atom. The van der Waals surface area contributed by atoms with E-state index in [1.165, 1.54) is 0 Å². The van der Waals surface area contributed by atoms with E-state index in [1.54, 1.807) is 13.2 Å². The quantitative estimate of drug-likeness (QED) is 0.460. The smallest absolute Gasteiger partial charge is 0.220 e. The molecule has 1 aromatic rings. The summed E-state index contributed by atoms with van der Waals surface area (Å²) in [5.41, 5.74) is 1.13. The molecule has 1 saturated heterocycles. The van der Waals surface area contributed by atoms with Gasteiger partial charge in [-0.05, 0) is 43.7 Å². The molecule has 138 valence electrons. The van der Waals surface area contributed by atoms with Gasteiger partial charge in [0.2, 0.25) is 5.91 Å². The number of nitrogens with zero attached hydrogens (tertiary/aromatic N) is 3. The SMILES string of the molecule is CCNC(=NCCc1ccc(Cl)nc1)N1CCC(CC(=O)NC)CC1. The largest absolute Gasteiger partial charge is 0.359 e. The first kappa shape index (κ1) is 19.5. The molecule has 0 radical (unpaired) electrons. The standard InChI is InChI=1S/C18H28ClN5O/c1-3-21-18(22-9-6-15-4-5-16(19)23-13-15)24-10-7-14(8-11-24)12-17(25)20-2/h4-5,13-14H,3,6-12H2,1-2H3,(H,20,25)(H,21,22). The fourth-order valence-electron chi connectivity index (χ4n) is 2.98.